The van der Waals surface area contributed by atoms with Crippen molar-refractivity contribution >= 4 is 16.6 Å². The Bertz CT molecular complexity index is 1410. The van der Waals surface area contributed by atoms with Gasteiger partial charge >= 0.3 is 0 Å². The van der Waals surface area contributed by atoms with Gasteiger partial charge in [0.1, 0.15) is 0 Å². The smallest absolute Gasteiger partial charge is 0.280 e. The number of hydrogen-bond donors (Lipinski definition) is 2. The van der Waals surface area contributed by atoms with Crippen molar-refractivity contribution in [1.29, 1.82) is 0 Å². The van der Waals surface area contributed by atoms with Crippen molar-refractivity contribution in [2.75, 3.05) is 32.0 Å². The molecule has 0 radical (unpaired) electrons. The molecule has 33 heavy (non-hydrogen) atoms. The van der Waals surface area contributed by atoms with Gasteiger partial charge in [-0.05, 0) is 36.2 Å². The number of benzene rings is 2. The lowest BCUT2D eigenvalue weighted by Gasteiger charge is -2.26. The van der Waals surface area contributed by atoms with Crippen LogP contribution in [0, 0.1) is 6.92 Å². The Labute approximate surface area is 190 Å². The molecule has 3 heterocycles. The first-order chi connectivity index (χ1) is 16.0. The summed E-state index contributed by atoms with van der Waals surface area (Å²) in [7, 11) is 0. The Hall–Kier alpha value is -3.62. The molecule has 2 aromatic carbocycles. The number of rotatable bonds is 5. The maximum Gasteiger partial charge on any atom is 0.280 e. The van der Waals surface area contributed by atoms with Crippen LogP contribution in [0.2, 0.25) is 0 Å². The van der Waals surface area contributed by atoms with Gasteiger partial charge in [-0.2, -0.15) is 0 Å². The number of aryl methyl sites for hydroxylation is 1. The maximum atomic E-state index is 13.2. The molecular formula is C25H27N5O3. The van der Waals surface area contributed by atoms with Gasteiger partial charge in [-0.3, -0.25) is 19.6 Å². The van der Waals surface area contributed by atoms with E-state index in [1.54, 1.807) is 28.8 Å². The van der Waals surface area contributed by atoms with E-state index in [9.17, 15) is 9.59 Å². The van der Waals surface area contributed by atoms with Gasteiger partial charge in [0.2, 0.25) is 0 Å². The van der Waals surface area contributed by atoms with Gasteiger partial charge in [-0.15, -0.1) is 0 Å². The third kappa shape index (κ3) is 4.22. The Morgan fingerprint density at radius 3 is 2.36 bits per heavy atom. The molecule has 0 atom stereocenters. The Morgan fingerprint density at radius 2 is 1.67 bits per heavy atom. The van der Waals surface area contributed by atoms with Gasteiger partial charge in [0.05, 0.1) is 36.3 Å². The third-order valence-electron chi connectivity index (χ3n) is 6.22. The molecule has 3 N–H and O–H groups in total. The standard InChI is InChI=1S/C25H27N5O3/c1-17-24-22(27-30(25(24)32)21-4-2-3-20(26)13-21)14-23(31)29(17)16-19-7-5-18(6-8-19)15-28-9-11-33-12-10-28/h2-8,13-14,27H,9-12,15-16,26H2,1H3. The van der Waals surface area contributed by atoms with Crippen molar-refractivity contribution in [3.63, 3.8) is 0 Å². The summed E-state index contributed by atoms with van der Waals surface area (Å²) in [6.07, 6.45) is 0. The number of nitrogens with one attached hydrogen (secondary N) is 1. The zero-order chi connectivity index (χ0) is 22.9. The number of aromatic nitrogens is 3. The van der Waals surface area contributed by atoms with Crippen molar-refractivity contribution in [2.45, 2.75) is 20.0 Å². The predicted molar refractivity (Wildman–Crippen MR) is 129 cm³/mol. The summed E-state index contributed by atoms with van der Waals surface area (Å²) in [5, 5.41) is 3.55. The normalized spacial score (nSPS) is 14.7. The Morgan fingerprint density at radius 1 is 0.970 bits per heavy atom. The number of fused-ring (bicyclic) bond motifs is 1. The molecule has 4 aromatic rings. The largest absolute Gasteiger partial charge is 0.399 e. The molecule has 5 rings (SSSR count). The van der Waals surface area contributed by atoms with Gasteiger partial charge in [-0.1, -0.05) is 30.3 Å². The first-order valence-electron chi connectivity index (χ1n) is 11.1. The molecule has 8 nitrogen and oxygen atoms in total. The lowest BCUT2D eigenvalue weighted by Crippen LogP contribution is -2.35. The van der Waals surface area contributed by atoms with E-state index in [4.69, 9.17) is 10.5 Å². The molecule has 1 saturated heterocycles. The molecule has 0 bridgehead atoms. The fraction of sp³-hybridized carbons (Fsp3) is 0.280. The van der Waals surface area contributed by atoms with E-state index in [-0.39, 0.29) is 11.1 Å². The second kappa shape index (κ2) is 8.73. The topological polar surface area (TPSA) is 98.3 Å². The van der Waals surface area contributed by atoms with Crippen LogP contribution in [0.3, 0.4) is 0 Å². The van der Waals surface area contributed by atoms with Crippen LogP contribution in [-0.2, 0) is 17.8 Å². The van der Waals surface area contributed by atoms with Crippen LogP contribution in [0.5, 0.6) is 0 Å². The van der Waals surface area contributed by atoms with Crippen molar-refractivity contribution in [1.82, 2.24) is 19.2 Å². The molecule has 1 aliphatic heterocycles. The van der Waals surface area contributed by atoms with E-state index in [0.717, 1.165) is 38.4 Å². The highest BCUT2D eigenvalue weighted by molar-refractivity contribution is 5.80. The molecule has 170 valence electrons. The third-order valence-corrected chi connectivity index (χ3v) is 6.22. The molecular weight excluding hydrogens is 418 g/mol. The molecule has 0 saturated carbocycles. The predicted octanol–water partition coefficient (Wildman–Crippen LogP) is 2.25. The van der Waals surface area contributed by atoms with Crippen molar-refractivity contribution < 1.29 is 4.74 Å². The molecule has 0 aliphatic carbocycles. The van der Waals surface area contributed by atoms with Gasteiger partial charge in [0.15, 0.2) is 0 Å². The van der Waals surface area contributed by atoms with Gasteiger partial charge in [0, 0.05) is 37.1 Å². The number of nitrogens with zero attached hydrogens (tertiary/aromatic N) is 3. The van der Waals surface area contributed by atoms with E-state index in [1.165, 1.54) is 16.3 Å². The minimum atomic E-state index is -0.206. The summed E-state index contributed by atoms with van der Waals surface area (Å²) in [4.78, 5) is 28.4. The highest BCUT2D eigenvalue weighted by Crippen LogP contribution is 2.16. The Kier molecular flexibility index (Phi) is 5.62. The van der Waals surface area contributed by atoms with Crippen molar-refractivity contribution in [3.05, 3.63) is 92.1 Å². The van der Waals surface area contributed by atoms with Crippen LogP contribution in [0.4, 0.5) is 5.69 Å². The monoisotopic (exact) mass is 445 g/mol. The average molecular weight is 446 g/mol. The number of pyridine rings is 1. The minimum absolute atomic E-state index is 0.154. The molecule has 1 aliphatic rings. The molecule has 8 heteroatoms. The summed E-state index contributed by atoms with van der Waals surface area (Å²) in [6, 6.07) is 16.9. The first kappa shape index (κ1) is 21.2. The van der Waals surface area contributed by atoms with Gasteiger partial charge < -0.3 is 15.0 Å². The van der Waals surface area contributed by atoms with Gasteiger partial charge in [-0.25, -0.2) is 4.68 Å². The number of nitrogen functional groups attached to an aromatic ring is 1. The first-order valence-corrected chi connectivity index (χ1v) is 11.1. The van der Waals surface area contributed by atoms with E-state index >= 15 is 0 Å². The summed E-state index contributed by atoms with van der Waals surface area (Å²) in [5.74, 6) is 0. The minimum Gasteiger partial charge on any atom is -0.399 e. The van der Waals surface area contributed by atoms with E-state index in [1.807, 2.05) is 19.1 Å². The second-order valence-corrected chi connectivity index (χ2v) is 8.50. The van der Waals surface area contributed by atoms with E-state index < -0.39 is 0 Å². The summed E-state index contributed by atoms with van der Waals surface area (Å²) < 4.78 is 8.49. The lowest BCUT2D eigenvalue weighted by molar-refractivity contribution is 0.0342. The van der Waals surface area contributed by atoms with Crippen LogP contribution < -0.4 is 16.9 Å². The average Bonchev–Trinajstić information content (AvgIpc) is 3.14. The summed E-state index contributed by atoms with van der Waals surface area (Å²) in [5.41, 5.74) is 10.1. The summed E-state index contributed by atoms with van der Waals surface area (Å²) in [6.45, 7) is 6.56. The molecule has 0 spiro atoms. The maximum absolute atomic E-state index is 13.2. The molecule has 2 aromatic heterocycles. The number of ether oxygens (including phenoxy) is 1. The number of aromatic amines is 1. The quantitative estimate of drug-likeness (QED) is 0.459. The number of morpholine rings is 1. The number of H-pyrrole nitrogens is 1. The van der Waals surface area contributed by atoms with Crippen molar-refractivity contribution in [2.24, 2.45) is 0 Å². The SMILES string of the molecule is Cc1c2c(=O)n(-c3cccc(N)c3)[nH]c2cc(=O)n1Cc1ccc(CN2CCOCC2)cc1. The summed E-state index contributed by atoms with van der Waals surface area (Å²) >= 11 is 0. The van der Waals surface area contributed by atoms with Crippen LogP contribution in [-0.4, -0.2) is 45.6 Å². The number of hydrogen-bond acceptors (Lipinski definition) is 5. The van der Waals surface area contributed by atoms with Crippen LogP contribution in [0.1, 0.15) is 16.8 Å². The van der Waals surface area contributed by atoms with Crippen LogP contribution in [0.15, 0.2) is 64.2 Å². The zero-order valence-corrected chi connectivity index (χ0v) is 18.6. The lowest BCUT2D eigenvalue weighted by atomic mass is 10.1. The fourth-order valence-corrected chi connectivity index (χ4v) is 4.40. The van der Waals surface area contributed by atoms with Crippen molar-refractivity contribution in [3.8, 4) is 5.69 Å². The Balaban J connectivity index is 1.44. The molecule has 0 unspecified atom stereocenters. The number of anilines is 1. The van der Waals surface area contributed by atoms with Crippen LogP contribution >= 0.6 is 0 Å². The second-order valence-electron chi connectivity index (χ2n) is 8.50. The fourth-order valence-electron chi connectivity index (χ4n) is 4.40. The highest BCUT2D eigenvalue weighted by atomic mass is 16.5. The van der Waals surface area contributed by atoms with Gasteiger partial charge in [0.25, 0.3) is 11.1 Å². The van der Waals surface area contributed by atoms with E-state index in [2.05, 4.69) is 22.1 Å². The molecule has 0 amide bonds. The van der Waals surface area contributed by atoms with Crippen LogP contribution in [0.25, 0.3) is 16.6 Å². The molecule has 1 fully saturated rings. The zero-order valence-electron chi connectivity index (χ0n) is 18.6. The highest BCUT2D eigenvalue weighted by Gasteiger charge is 2.16. The van der Waals surface area contributed by atoms with E-state index in [0.29, 0.717) is 34.5 Å². The number of nitrogens with two attached hydrogens (primary N) is 1.